The Kier molecular flexibility index (Phi) is 6.92. The molecule has 0 aromatic heterocycles. The van der Waals surface area contributed by atoms with Crippen LogP contribution in [0.1, 0.15) is 80.9 Å². The second kappa shape index (κ2) is 9.86. The van der Waals surface area contributed by atoms with Crippen LogP contribution in [0.25, 0.3) is 0 Å². The first kappa shape index (κ1) is 24.6. The first-order chi connectivity index (χ1) is 16.9. The molecule has 4 bridgehead atoms. The summed E-state index contributed by atoms with van der Waals surface area (Å²) in [5.74, 6) is 3.71. The number of allylic oxidation sites excluding steroid dienone is 1. The number of likely N-dealkylation sites (tertiary alicyclic amines) is 1. The molecule has 6 aliphatic rings. The van der Waals surface area contributed by atoms with Crippen LogP contribution in [-0.2, 0) is 12.0 Å². The Balaban J connectivity index is 1.11. The number of aryl methyl sites for hydroxylation is 1. The molecule has 3 atom stereocenters. The summed E-state index contributed by atoms with van der Waals surface area (Å²) in [5.41, 5.74) is 3.89. The number of aromatic hydroxyl groups is 1. The van der Waals surface area contributed by atoms with Crippen molar-refractivity contribution in [3.63, 3.8) is 0 Å². The molecule has 2 N–H and O–H groups in total. The van der Waals surface area contributed by atoms with Gasteiger partial charge in [0.1, 0.15) is 5.75 Å². The van der Waals surface area contributed by atoms with E-state index in [-0.39, 0.29) is 10.8 Å². The predicted molar refractivity (Wildman–Crippen MR) is 145 cm³/mol. The third kappa shape index (κ3) is 5.05. The van der Waals surface area contributed by atoms with Crippen molar-refractivity contribution >= 4 is 23.2 Å². The summed E-state index contributed by atoms with van der Waals surface area (Å²) in [6, 6.07) is 5.07. The van der Waals surface area contributed by atoms with E-state index in [9.17, 15) is 5.11 Å². The van der Waals surface area contributed by atoms with Gasteiger partial charge < -0.3 is 10.4 Å². The van der Waals surface area contributed by atoms with E-state index >= 15 is 0 Å². The minimum absolute atomic E-state index is 0.171. The molecule has 0 amide bonds. The summed E-state index contributed by atoms with van der Waals surface area (Å²) in [4.78, 5) is 2.63. The highest BCUT2D eigenvalue weighted by atomic mass is 35.5. The molecule has 1 saturated heterocycles. The van der Waals surface area contributed by atoms with Gasteiger partial charge in [-0.1, -0.05) is 35.4 Å². The number of nitrogens with zero attached hydrogens (tertiary/aromatic N) is 1. The Morgan fingerprint density at radius 1 is 1.09 bits per heavy atom. The van der Waals surface area contributed by atoms with E-state index < -0.39 is 0 Å². The molecule has 1 aromatic carbocycles. The number of phenols is 1. The van der Waals surface area contributed by atoms with Crippen molar-refractivity contribution < 1.29 is 5.11 Å². The molecule has 192 valence electrons. The molecular weight excluding hydrogens is 475 g/mol. The fourth-order valence-corrected chi connectivity index (χ4v) is 9.86. The Labute approximate surface area is 221 Å². The third-order valence-electron chi connectivity index (χ3n) is 10.00. The van der Waals surface area contributed by atoms with E-state index in [4.69, 9.17) is 23.2 Å². The van der Waals surface area contributed by atoms with Gasteiger partial charge in [-0.3, -0.25) is 4.90 Å². The van der Waals surface area contributed by atoms with Crippen LogP contribution in [0.2, 0.25) is 0 Å². The maximum Gasteiger partial charge on any atom is 0.123 e. The van der Waals surface area contributed by atoms with Gasteiger partial charge in [0.05, 0.1) is 0 Å². The van der Waals surface area contributed by atoms with Crippen LogP contribution in [0.5, 0.6) is 5.75 Å². The van der Waals surface area contributed by atoms with E-state index in [1.165, 1.54) is 62.5 Å². The largest absolute Gasteiger partial charge is 0.507 e. The highest BCUT2D eigenvalue weighted by molar-refractivity contribution is 6.31. The van der Waals surface area contributed by atoms with Crippen LogP contribution < -0.4 is 5.32 Å². The smallest absolute Gasteiger partial charge is 0.123 e. The maximum atomic E-state index is 11.5. The number of halogens is 2. The third-order valence-corrected chi connectivity index (χ3v) is 10.6. The molecule has 3 nitrogen and oxygen atoms in total. The number of phenolic OH excluding ortho intramolecular Hbond substituents is 1. The first-order valence-electron chi connectivity index (χ1n) is 14.1. The summed E-state index contributed by atoms with van der Waals surface area (Å²) in [7, 11) is 0. The van der Waals surface area contributed by atoms with Gasteiger partial charge in [0.2, 0.25) is 0 Å². The van der Waals surface area contributed by atoms with Crippen molar-refractivity contribution in [3.05, 3.63) is 39.9 Å². The summed E-state index contributed by atoms with van der Waals surface area (Å²) in [6.45, 7) is 6.13. The van der Waals surface area contributed by atoms with Crippen molar-refractivity contribution in [2.45, 2.75) is 94.5 Å². The standard InChI is InChI=1S/C30H42Cl2N2O/c1-19-5-24(29(35)28(6-19)30-13-20-7-21(14-30)9-22(8-20)15-30)16-33-17-27-3-2-4-34(27)18-23-10-25(31)12-26(32)11-23/h5-6,10,20-23,26-27,33,35H,2-4,7-9,11-18H2,1H3. The van der Waals surface area contributed by atoms with Crippen LogP contribution in [0.4, 0.5) is 0 Å². The molecule has 1 heterocycles. The second-order valence-corrected chi connectivity index (χ2v) is 14.0. The lowest BCUT2D eigenvalue weighted by atomic mass is 9.48. The lowest BCUT2D eigenvalue weighted by Gasteiger charge is -2.57. The zero-order valence-electron chi connectivity index (χ0n) is 21.2. The minimum atomic E-state index is 0.171. The monoisotopic (exact) mass is 516 g/mol. The number of rotatable bonds is 7. The van der Waals surface area contributed by atoms with E-state index in [2.05, 4.69) is 35.3 Å². The summed E-state index contributed by atoms with van der Waals surface area (Å²) >= 11 is 12.8. The van der Waals surface area contributed by atoms with Gasteiger partial charge >= 0.3 is 0 Å². The highest BCUT2D eigenvalue weighted by Crippen LogP contribution is 2.62. The van der Waals surface area contributed by atoms with E-state index in [0.717, 1.165) is 67.4 Å². The molecule has 3 unspecified atom stereocenters. The zero-order valence-corrected chi connectivity index (χ0v) is 22.8. The topological polar surface area (TPSA) is 35.5 Å². The van der Waals surface area contributed by atoms with E-state index in [0.29, 0.717) is 17.7 Å². The highest BCUT2D eigenvalue weighted by Gasteiger charge is 2.52. The van der Waals surface area contributed by atoms with E-state index in [1.807, 2.05) is 0 Å². The quantitative estimate of drug-likeness (QED) is 0.388. The number of hydrogen-bond acceptors (Lipinski definition) is 3. The molecule has 0 spiro atoms. The normalized spacial score (nSPS) is 38.8. The summed E-state index contributed by atoms with van der Waals surface area (Å²) in [6.07, 6.45) is 14.8. The molecule has 1 aromatic rings. The van der Waals surface area contributed by atoms with Gasteiger partial charge in [-0.25, -0.2) is 0 Å². The van der Waals surface area contributed by atoms with Gasteiger partial charge in [-0.15, -0.1) is 11.6 Å². The molecule has 5 heteroatoms. The van der Waals surface area contributed by atoms with E-state index in [1.54, 1.807) is 0 Å². The van der Waals surface area contributed by atoms with Gasteiger partial charge in [-0.05, 0) is 107 Å². The van der Waals surface area contributed by atoms with Crippen molar-refractivity contribution in [1.29, 1.82) is 0 Å². The maximum absolute atomic E-state index is 11.5. The van der Waals surface area contributed by atoms with Crippen LogP contribution in [-0.4, -0.2) is 41.1 Å². The zero-order chi connectivity index (χ0) is 24.2. The van der Waals surface area contributed by atoms with Crippen molar-refractivity contribution in [3.8, 4) is 5.75 Å². The molecule has 4 saturated carbocycles. The summed E-state index contributed by atoms with van der Waals surface area (Å²) < 4.78 is 0. The van der Waals surface area contributed by atoms with Crippen LogP contribution in [0, 0.1) is 30.6 Å². The lowest BCUT2D eigenvalue weighted by molar-refractivity contribution is -0.00621. The molecule has 5 aliphatic carbocycles. The van der Waals surface area contributed by atoms with Crippen molar-refractivity contribution in [2.75, 3.05) is 19.6 Å². The lowest BCUT2D eigenvalue weighted by Crippen LogP contribution is -2.48. The van der Waals surface area contributed by atoms with Gasteiger partial charge in [0.15, 0.2) is 0 Å². The summed E-state index contributed by atoms with van der Waals surface area (Å²) in [5, 5.41) is 16.3. The molecule has 1 aliphatic heterocycles. The first-order valence-corrected chi connectivity index (χ1v) is 15.0. The predicted octanol–water partition coefficient (Wildman–Crippen LogP) is 6.86. The second-order valence-electron chi connectivity index (χ2n) is 12.9. The average molecular weight is 518 g/mol. The molecule has 0 radical (unpaired) electrons. The van der Waals surface area contributed by atoms with Crippen molar-refractivity contribution in [1.82, 2.24) is 10.2 Å². The van der Waals surface area contributed by atoms with Gasteiger partial charge in [0, 0.05) is 47.2 Å². The van der Waals surface area contributed by atoms with Crippen LogP contribution in [0.15, 0.2) is 23.2 Å². The Morgan fingerprint density at radius 2 is 1.80 bits per heavy atom. The van der Waals surface area contributed by atoms with Gasteiger partial charge in [-0.2, -0.15) is 0 Å². The van der Waals surface area contributed by atoms with Crippen LogP contribution >= 0.6 is 23.2 Å². The SMILES string of the molecule is Cc1cc(CNCC2CCCN2CC2C=C(Cl)CC(Cl)C2)c(O)c(C23CC4CC(CC(C4)C2)C3)c1. The number of alkyl halides is 1. The molecule has 35 heavy (non-hydrogen) atoms. The molecular formula is C30H42Cl2N2O. The average Bonchev–Trinajstić information content (AvgIpc) is 3.21. The fourth-order valence-electron chi connectivity index (χ4n) is 9.02. The fraction of sp³-hybridized carbons (Fsp3) is 0.733. The molecule has 7 rings (SSSR count). The molecule has 5 fully saturated rings. The van der Waals surface area contributed by atoms with Gasteiger partial charge in [0.25, 0.3) is 0 Å². The number of benzene rings is 1. The van der Waals surface area contributed by atoms with Crippen LogP contribution in [0.3, 0.4) is 0 Å². The Bertz CT molecular complexity index is 940. The number of hydrogen-bond donors (Lipinski definition) is 2. The minimum Gasteiger partial charge on any atom is -0.507 e. The Morgan fingerprint density at radius 3 is 2.49 bits per heavy atom. The van der Waals surface area contributed by atoms with Crippen molar-refractivity contribution in [2.24, 2.45) is 23.7 Å². The number of nitrogens with one attached hydrogen (secondary N) is 1. The Hall–Kier alpha value is -0.740.